The Labute approximate surface area is 206 Å². The zero-order valence-corrected chi connectivity index (χ0v) is 20.6. The van der Waals surface area contributed by atoms with Crippen LogP contribution in [0.1, 0.15) is 46.3 Å². The molecule has 34 heavy (non-hydrogen) atoms. The monoisotopic (exact) mass is 473 g/mol. The van der Waals surface area contributed by atoms with Gasteiger partial charge >= 0.3 is 0 Å². The van der Waals surface area contributed by atoms with Gasteiger partial charge in [0.15, 0.2) is 0 Å². The molecule has 2 amide bonds. The van der Waals surface area contributed by atoms with E-state index < -0.39 is 0 Å². The van der Waals surface area contributed by atoms with Crippen LogP contribution in [-0.4, -0.2) is 35.6 Å². The zero-order valence-electron chi connectivity index (χ0n) is 19.7. The van der Waals surface area contributed by atoms with Gasteiger partial charge in [-0.1, -0.05) is 54.6 Å². The Morgan fingerprint density at radius 2 is 1.62 bits per heavy atom. The van der Waals surface area contributed by atoms with E-state index in [1.54, 1.807) is 11.8 Å². The molecule has 0 aliphatic carbocycles. The molecule has 1 saturated heterocycles. The highest BCUT2D eigenvalue weighted by Crippen LogP contribution is 2.39. The number of carbonyl (C=O) groups excluding carboxylic acids is 2. The number of thioether (sulfide) groups is 1. The number of hydrogen-bond donors (Lipinski definition) is 1. The summed E-state index contributed by atoms with van der Waals surface area (Å²) in [5.74, 6) is 0.524. The molecule has 4 rings (SSSR count). The first-order valence-corrected chi connectivity index (χ1v) is 12.8. The maximum atomic E-state index is 12.7. The molecule has 3 aromatic carbocycles. The first-order chi connectivity index (χ1) is 16.6. The van der Waals surface area contributed by atoms with Crippen molar-refractivity contribution in [3.05, 3.63) is 101 Å². The molecule has 1 N–H and O–H groups in total. The van der Waals surface area contributed by atoms with Crippen molar-refractivity contribution >= 4 is 29.3 Å². The van der Waals surface area contributed by atoms with Gasteiger partial charge in [0.1, 0.15) is 5.37 Å². The Morgan fingerprint density at radius 1 is 0.941 bits per heavy atom. The molecular formula is C28H31N3O2S. The van der Waals surface area contributed by atoms with Crippen LogP contribution in [0.4, 0.5) is 5.69 Å². The van der Waals surface area contributed by atoms with E-state index in [0.29, 0.717) is 24.4 Å². The van der Waals surface area contributed by atoms with Gasteiger partial charge in [0.2, 0.25) is 5.91 Å². The van der Waals surface area contributed by atoms with Crippen LogP contribution in [0.25, 0.3) is 0 Å². The average molecular weight is 474 g/mol. The first kappa shape index (κ1) is 23.9. The standard InChI is InChI=1S/C28H31N3O2S/c1-3-30(4-2)25-16-10-21(11-17-25)18-29-27(33)23-12-14-24(15-13-23)28-31(26(32)20-34-28)19-22-8-6-5-7-9-22/h5-17,28H,3-4,18-20H2,1-2H3,(H,29,33). The van der Waals surface area contributed by atoms with Crippen molar-refractivity contribution in [2.45, 2.75) is 32.3 Å². The van der Waals surface area contributed by atoms with E-state index in [2.05, 4.69) is 48.3 Å². The van der Waals surface area contributed by atoms with E-state index in [0.717, 1.165) is 29.8 Å². The number of hydrogen-bond acceptors (Lipinski definition) is 4. The SMILES string of the molecule is CCN(CC)c1ccc(CNC(=O)c2ccc(C3SCC(=O)N3Cc3ccccc3)cc2)cc1. The summed E-state index contributed by atoms with van der Waals surface area (Å²) in [6, 6.07) is 26.0. The molecule has 0 bridgehead atoms. The fourth-order valence-corrected chi connectivity index (χ4v) is 5.37. The molecule has 176 valence electrons. The van der Waals surface area contributed by atoms with E-state index in [4.69, 9.17) is 0 Å². The van der Waals surface area contributed by atoms with Crippen LogP contribution in [0, 0.1) is 0 Å². The van der Waals surface area contributed by atoms with E-state index in [9.17, 15) is 9.59 Å². The molecule has 1 aliphatic heterocycles. The van der Waals surface area contributed by atoms with Gasteiger partial charge in [0, 0.05) is 37.4 Å². The molecular weight excluding hydrogens is 442 g/mol. The zero-order chi connectivity index (χ0) is 23.9. The summed E-state index contributed by atoms with van der Waals surface area (Å²) < 4.78 is 0. The highest BCUT2D eigenvalue weighted by atomic mass is 32.2. The number of anilines is 1. The van der Waals surface area contributed by atoms with Gasteiger partial charge in [-0.3, -0.25) is 9.59 Å². The second-order valence-corrected chi connectivity index (χ2v) is 9.38. The summed E-state index contributed by atoms with van der Waals surface area (Å²) in [4.78, 5) is 29.4. The Morgan fingerprint density at radius 3 is 2.26 bits per heavy atom. The van der Waals surface area contributed by atoms with E-state index in [1.807, 2.05) is 59.5 Å². The predicted octanol–water partition coefficient (Wildman–Crippen LogP) is 5.24. The minimum atomic E-state index is -0.101. The van der Waals surface area contributed by atoms with Gasteiger partial charge in [0.25, 0.3) is 5.91 Å². The van der Waals surface area contributed by atoms with E-state index >= 15 is 0 Å². The Kier molecular flexibility index (Phi) is 7.91. The predicted molar refractivity (Wildman–Crippen MR) is 140 cm³/mol. The molecule has 1 heterocycles. The minimum absolute atomic E-state index is 0.0332. The molecule has 1 unspecified atom stereocenters. The van der Waals surface area contributed by atoms with Crippen molar-refractivity contribution in [3.8, 4) is 0 Å². The van der Waals surface area contributed by atoms with E-state index in [-0.39, 0.29) is 17.2 Å². The molecule has 5 nitrogen and oxygen atoms in total. The molecule has 0 radical (unpaired) electrons. The maximum Gasteiger partial charge on any atom is 0.251 e. The third-order valence-electron chi connectivity index (χ3n) is 6.14. The van der Waals surface area contributed by atoms with Gasteiger partial charge < -0.3 is 15.1 Å². The fraction of sp³-hybridized carbons (Fsp3) is 0.286. The first-order valence-electron chi connectivity index (χ1n) is 11.8. The van der Waals surface area contributed by atoms with Crippen molar-refractivity contribution in [2.24, 2.45) is 0 Å². The largest absolute Gasteiger partial charge is 0.372 e. The molecule has 1 atom stereocenters. The van der Waals surface area contributed by atoms with Crippen LogP contribution >= 0.6 is 11.8 Å². The quantitative estimate of drug-likeness (QED) is 0.462. The highest BCUT2D eigenvalue weighted by Gasteiger charge is 2.32. The lowest BCUT2D eigenvalue weighted by Gasteiger charge is -2.24. The smallest absolute Gasteiger partial charge is 0.251 e. The van der Waals surface area contributed by atoms with Crippen molar-refractivity contribution in [1.82, 2.24) is 10.2 Å². The lowest BCUT2D eigenvalue weighted by atomic mass is 10.1. The molecule has 0 aromatic heterocycles. The van der Waals surface area contributed by atoms with Gasteiger partial charge in [-0.15, -0.1) is 11.8 Å². The number of carbonyl (C=O) groups is 2. The number of nitrogens with zero attached hydrogens (tertiary/aromatic N) is 2. The minimum Gasteiger partial charge on any atom is -0.372 e. The van der Waals surface area contributed by atoms with Crippen LogP contribution < -0.4 is 10.2 Å². The summed E-state index contributed by atoms with van der Waals surface area (Å²) in [7, 11) is 0. The molecule has 6 heteroatoms. The summed E-state index contributed by atoms with van der Waals surface area (Å²) in [5, 5.41) is 2.97. The van der Waals surface area contributed by atoms with Gasteiger partial charge in [-0.2, -0.15) is 0 Å². The Hall–Kier alpha value is -3.25. The summed E-state index contributed by atoms with van der Waals surface area (Å²) >= 11 is 1.63. The van der Waals surface area contributed by atoms with Crippen LogP contribution in [0.15, 0.2) is 78.9 Å². The molecule has 3 aromatic rings. The maximum absolute atomic E-state index is 12.7. The van der Waals surface area contributed by atoms with Crippen LogP contribution in [0.2, 0.25) is 0 Å². The van der Waals surface area contributed by atoms with Gasteiger partial charge in [-0.25, -0.2) is 0 Å². The van der Waals surface area contributed by atoms with Crippen molar-refractivity contribution in [3.63, 3.8) is 0 Å². The summed E-state index contributed by atoms with van der Waals surface area (Å²) in [6.07, 6.45) is 0. The van der Waals surface area contributed by atoms with Crippen LogP contribution in [-0.2, 0) is 17.9 Å². The lowest BCUT2D eigenvalue weighted by molar-refractivity contribution is -0.128. The molecule has 0 spiro atoms. The Balaban J connectivity index is 1.36. The topological polar surface area (TPSA) is 52.7 Å². The van der Waals surface area contributed by atoms with Gasteiger partial charge in [0.05, 0.1) is 5.75 Å². The second kappa shape index (κ2) is 11.3. The van der Waals surface area contributed by atoms with Crippen LogP contribution in [0.5, 0.6) is 0 Å². The van der Waals surface area contributed by atoms with Crippen LogP contribution in [0.3, 0.4) is 0 Å². The van der Waals surface area contributed by atoms with Gasteiger partial charge in [-0.05, 0) is 54.8 Å². The number of amides is 2. The average Bonchev–Trinajstić information content (AvgIpc) is 3.24. The molecule has 0 saturated carbocycles. The van der Waals surface area contributed by atoms with E-state index in [1.165, 1.54) is 5.69 Å². The third-order valence-corrected chi connectivity index (χ3v) is 7.40. The number of benzene rings is 3. The highest BCUT2D eigenvalue weighted by molar-refractivity contribution is 8.00. The van der Waals surface area contributed by atoms with Crippen molar-refractivity contribution in [2.75, 3.05) is 23.7 Å². The molecule has 1 aliphatic rings. The summed E-state index contributed by atoms with van der Waals surface area (Å²) in [6.45, 7) is 7.31. The lowest BCUT2D eigenvalue weighted by Crippen LogP contribution is -2.27. The van der Waals surface area contributed by atoms with Crippen molar-refractivity contribution in [1.29, 1.82) is 0 Å². The third kappa shape index (κ3) is 5.62. The Bertz CT molecular complexity index is 1100. The molecule has 1 fully saturated rings. The van der Waals surface area contributed by atoms with Crippen molar-refractivity contribution < 1.29 is 9.59 Å². The number of nitrogens with one attached hydrogen (secondary N) is 1. The number of rotatable bonds is 9. The second-order valence-electron chi connectivity index (χ2n) is 8.31. The normalized spacial score (nSPS) is 15.4. The fourth-order valence-electron chi connectivity index (χ4n) is 4.18. The summed E-state index contributed by atoms with van der Waals surface area (Å²) in [5.41, 5.74) is 5.03.